The van der Waals surface area contributed by atoms with E-state index in [-0.39, 0.29) is 5.82 Å². The van der Waals surface area contributed by atoms with Crippen LogP contribution in [0.4, 0.5) is 5.82 Å². The maximum absolute atomic E-state index is 12.4. The van der Waals surface area contributed by atoms with Crippen molar-refractivity contribution in [3.63, 3.8) is 0 Å². The summed E-state index contributed by atoms with van der Waals surface area (Å²) in [6.07, 6.45) is 5.14. The van der Waals surface area contributed by atoms with Gasteiger partial charge >= 0.3 is 5.97 Å². The van der Waals surface area contributed by atoms with E-state index in [1.54, 1.807) is 12.1 Å². The van der Waals surface area contributed by atoms with Crippen LogP contribution in [0.15, 0.2) is 30.9 Å². The lowest BCUT2D eigenvalue weighted by atomic mass is 10.2. The second kappa shape index (κ2) is 9.00. The molecular weight excluding hydrogens is 426 g/mol. The zero-order chi connectivity index (χ0) is 21.8. The van der Waals surface area contributed by atoms with Crippen molar-refractivity contribution in [2.75, 3.05) is 18.5 Å². The average molecular weight is 444 g/mol. The molecule has 0 saturated heterocycles. The summed E-state index contributed by atoms with van der Waals surface area (Å²) >= 11 is 6.25. The number of hydrogen-bond donors (Lipinski definition) is 2. The Bertz CT molecular complexity index is 1160. The number of fused-ring (bicyclic) bond motifs is 2. The van der Waals surface area contributed by atoms with Crippen molar-refractivity contribution in [1.82, 2.24) is 19.9 Å². The van der Waals surface area contributed by atoms with Crippen LogP contribution < -0.4 is 14.8 Å². The molecule has 3 heterocycles. The standard InChI is InChI=1S/C20H18ClN5O5/c1-11(20(28)26-19-16-18(23-9-22-16)24-10-25-19)31-15(27)4-3-12-7-13(21)17-14(8-12)29-5-2-6-30-17/h3-4,7-11H,2,5-6H2,1H3,(H2,22,23,24,25,26,28)/b4-3+. The number of aromatic nitrogens is 4. The highest BCUT2D eigenvalue weighted by molar-refractivity contribution is 6.32. The van der Waals surface area contributed by atoms with Crippen molar-refractivity contribution in [3.05, 3.63) is 41.4 Å². The minimum absolute atomic E-state index is 0.243. The molecule has 11 heteroatoms. The van der Waals surface area contributed by atoms with E-state index >= 15 is 0 Å². The fourth-order valence-corrected chi connectivity index (χ4v) is 3.13. The Balaban J connectivity index is 1.38. The van der Waals surface area contributed by atoms with Crippen LogP contribution >= 0.6 is 11.6 Å². The molecule has 2 aromatic heterocycles. The summed E-state index contributed by atoms with van der Waals surface area (Å²) in [4.78, 5) is 39.3. The highest BCUT2D eigenvalue weighted by Gasteiger charge is 2.19. The minimum atomic E-state index is -1.06. The molecule has 0 bridgehead atoms. The van der Waals surface area contributed by atoms with Crippen LogP contribution in [0.25, 0.3) is 17.2 Å². The first-order valence-electron chi connectivity index (χ1n) is 9.44. The molecule has 0 aliphatic carbocycles. The highest BCUT2D eigenvalue weighted by Crippen LogP contribution is 2.38. The Morgan fingerprint density at radius 2 is 2.10 bits per heavy atom. The number of amides is 1. The molecule has 4 rings (SSSR count). The first kappa shape index (κ1) is 20.6. The number of halogens is 1. The lowest BCUT2D eigenvalue weighted by molar-refractivity contribution is -0.148. The first-order valence-corrected chi connectivity index (χ1v) is 9.82. The third-order valence-corrected chi connectivity index (χ3v) is 4.64. The van der Waals surface area contributed by atoms with Gasteiger partial charge in [0.25, 0.3) is 5.91 Å². The van der Waals surface area contributed by atoms with Crippen LogP contribution in [-0.4, -0.2) is 51.1 Å². The number of anilines is 1. The zero-order valence-electron chi connectivity index (χ0n) is 16.4. The van der Waals surface area contributed by atoms with Gasteiger partial charge in [-0.3, -0.25) is 4.79 Å². The summed E-state index contributed by atoms with van der Waals surface area (Å²) in [6.45, 7) is 2.49. The van der Waals surface area contributed by atoms with Crippen molar-refractivity contribution >= 4 is 46.5 Å². The number of imidazole rings is 1. The summed E-state index contributed by atoms with van der Waals surface area (Å²) in [5.41, 5.74) is 1.51. The van der Waals surface area contributed by atoms with Crippen molar-refractivity contribution in [2.45, 2.75) is 19.4 Å². The molecule has 1 amide bonds. The van der Waals surface area contributed by atoms with Crippen molar-refractivity contribution in [2.24, 2.45) is 0 Å². The molecule has 0 saturated carbocycles. The van der Waals surface area contributed by atoms with E-state index in [1.807, 2.05) is 0 Å². The van der Waals surface area contributed by atoms with Crippen LogP contribution in [0.3, 0.4) is 0 Å². The van der Waals surface area contributed by atoms with Crippen molar-refractivity contribution in [1.29, 1.82) is 0 Å². The molecule has 1 aliphatic rings. The number of carbonyl (C=O) groups excluding carboxylic acids is 2. The maximum Gasteiger partial charge on any atom is 0.331 e. The molecule has 160 valence electrons. The fraction of sp³-hybridized carbons (Fsp3) is 0.250. The van der Waals surface area contributed by atoms with Gasteiger partial charge in [-0.2, -0.15) is 0 Å². The molecule has 1 aromatic carbocycles. The zero-order valence-corrected chi connectivity index (χ0v) is 17.2. The largest absolute Gasteiger partial charge is 0.489 e. The number of rotatable bonds is 5. The summed E-state index contributed by atoms with van der Waals surface area (Å²) in [5.74, 6) is 0.00373. The molecule has 1 aliphatic heterocycles. The molecule has 0 fully saturated rings. The van der Waals surface area contributed by atoms with Crippen LogP contribution in [0, 0.1) is 0 Å². The number of ether oxygens (including phenoxy) is 3. The van der Waals surface area contributed by atoms with Gasteiger partial charge in [0.2, 0.25) is 0 Å². The van der Waals surface area contributed by atoms with Gasteiger partial charge in [0, 0.05) is 12.5 Å². The predicted octanol–water partition coefficient (Wildman–Crippen LogP) is 2.75. The highest BCUT2D eigenvalue weighted by atomic mass is 35.5. The molecule has 31 heavy (non-hydrogen) atoms. The second-order valence-electron chi connectivity index (χ2n) is 6.61. The van der Waals surface area contributed by atoms with E-state index in [0.29, 0.717) is 46.5 Å². The second-order valence-corrected chi connectivity index (χ2v) is 7.01. The smallest absolute Gasteiger partial charge is 0.331 e. The van der Waals surface area contributed by atoms with Gasteiger partial charge in [-0.1, -0.05) is 11.6 Å². The van der Waals surface area contributed by atoms with Crippen LogP contribution in [0.5, 0.6) is 11.5 Å². The number of H-pyrrole nitrogens is 1. The number of esters is 1. The Morgan fingerprint density at radius 3 is 2.97 bits per heavy atom. The topological polar surface area (TPSA) is 128 Å². The van der Waals surface area contributed by atoms with Gasteiger partial charge in [0.15, 0.2) is 29.1 Å². The SMILES string of the molecule is CC(OC(=O)/C=C/c1cc(Cl)c2c(c1)OCCCO2)C(=O)Nc1ncnc2nc[nH]c12. The van der Waals surface area contributed by atoms with Gasteiger partial charge < -0.3 is 24.5 Å². The lowest BCUT2D eigenvalue weighted by Crippen LogP contribution is -2.29. The molecular formula is C20H18ClN5O5. The number of carbonyl (C=O) groups is 2. The third-order valence-electron chi connectivity index (χ3n) is 4.36. The normalized spacial score (nSPS) is 14.3. The summed E-state index contributed by atoms with van der Waals surface area (Å²) < 4.78 is 16.4. The van der Waals surface area contributed by atoms with Crippen LogP contribution in [-0.2, 0) is 14.3 Å². The van der Waals surface area contributed by atoms with Crippen LogP contribution in [0.1, 0.15) is 18.9 Å². The third kappa shape index (κ3) is 4.75. The number of benzene rings is 1. The first-order chi connectivity index (χ1) is 15.0. The average Bonchev–Trinajstić information content (AvgIpc) is 3.11. The van der Waals surface area contributed by atoms with Gasteiger partial charge in [-0.05, 0) is 30.7 Å². The molecule has 0 radical (unpaired) electrons. The van der Waals surface area contributed by atoms with Crippen molar-refractivity contribution in [3.8, 4) is 11.5 Å². The molecule has 2 N–H and O–H groups in total. The Morgan fingerprint density at radius 1 is 1.26 bits per heavy atom. The van der Waals surface area contributed by atoms with Crippen molar-refractivity contribution < 1.29 is 23.8 Å². The van der Waals surface area contributed by atoms with Gasteiger partial charge in [0.1, 0.15) is 11.8 Å². The van der Waals surface area contributed by atoms with E-state index in [4.69, 9.17) is 25.8 Å². The Kier molecular flexibility index (Phi) is 5.99. The van der Waals surface area contributed by atoms with E-state index in [1.165, 1.54) is 31.7 Å². The van der Waals surface area contributed by atoms with Gasteiger partial charge in [-0.25, -0.2) is 19.7 Å². The predicted molar refractivity (Wildman–Crippen MR) is 112 cm³/mol. The molecule has 3 aromatic rings. The van der Waals surface area contributed by atoms with E-state index in [0.717, 1.165) is 6.42 Å². The van der Waals surface area contributed by atoms with Gasteiger partial charge in [-0.15, -0.1) is 0 Å². The van der Waals surface area contributed by atoms with E-state index in [2.05, 4.69) is 25.3 Å². The Labute approximate surface area is 181 Å². The van der Waals surface area contributed by atoms with E-state index in [9.17, 15) is 9.59 Å². The summed E-state index contributed by atoms with van der Waals surface area (Å²) in [5, 5.41) is 2.97. The van der Waals surface area contributed by atoms with Gasteiger partial charge in [0.05, 0.1) is 24.6 Å². The minimum Gasteiger partial charge on any atom is -0.489 e. The Hall–Kier alpha value is -3.66. The number of hydrogen-bond acceptors (Lipinski definition) is 8. The fourth-order valence-electron chi connectivity index (χ4n) is 2.86. The van der Waals surface area contributed by atoms with E-state index < -0.39 is 18.0 Å². The monoisotopic (exact) mass is 443 g/mol. The summed E-state index contributed by atoms with van der Waals surface area (Å²) in [6, 6.07) is 3.37. The number of nitrogens with zero attached hydrogens (tertiary/aromatic N) is 3. The molecule has 0 spiro atoms. The molecule has 1 unspecified atom stereocenters. The number of nitrogens with one attached hydrogen (secondary N) is 2. The lowest BCUT2D eigenvalue weighted by Gasteiger charge is -2.12. The molecule has 1 atom stereocenters. The number of aromatic amines is 1. The molecule has 10 nitrogen and oxygen atoms in total. The quantitative estimate of drug-likeness (QED) is 0.455. The van der Waals surface area contributed by atoms with Crippen LogP contribution in [0.2, 0.25) is 5.02 Å². The maximum atomic E-state index is 12.4. The summed E-state index contributed by atoms with van der Waals surface area (Å²) in [7, 11) is 0.